The summed E-state index contributed by atoms with van der Waals surface area (Å²) in [5.41, 5.74) is 2.57. The molecule has 0 fully saturated rings. The van der Waals surface area contributed by atoms with Crippen molar-refractivity contribution in [1.29, 1.82) is 0 Å². The Balaban J connectivity index is 1.86. The Morgan fingerprint density at radius 1 is 1.29 bits per heavy atom. The Bertz CT molecular complexity index is 672. The molecule has 1 heterocycles. The average molecular weight is 366 g/mol. The first-order valence-corrected chi connectivity index (χ1v) is 9.29. The molecule has 0 spiro atoms. The zero-order chi connectivity index (χ0) is 17.4. The van der Waals surface area contributed by atoms with Crippen LogP contribution in [-0.2, 0) is 6.42 Å². The van der Waals surface area contributed by atoms with E-state index in [2.05, 4.69) is 46.8 Å². The van der Waals surface area contributed by atoms with E-state index in [0.717, 1.165) is 24.4 Å². The molecule has 3 N–H and O–H groups in total. The SMILES string of the molecule is CCNC(=NCC(O)c1ccc(Cl)s1)NCCc1cccc(C)c1. The smallest absolute Gasteiger partial charge is 0.191 e. The van der Waals surface area contributed by atoms with Gasteiger partial charge in [0.25, 0.3) is 0 Å². The Hall–Kier alpha value is -1.56. The summed E-state index contributed by atoms with van der Waals surface area (Å²) in [6.45, 7) is 5.98. The van der Waals surface area contributed by atoms with Crippen LogP contribution in [0.25, 0.3) is 0 Å². The first kappa shape index (κ1) is 18.8. The molecule has 130 valence electrons. The van der Waals surface area contributed by atoms with Crippen LogP contribution in [0.2, 0.25) is 4.34 Å². The van der Waals surface area contributed by atoms with E-state index in [1.807, 2.05) is 13.0 Å². The van der Waals surface area contributed by atoms with Crippen LogP contribution in [0.4, 0.5) is 0 Å². The number of thiophene rings is 1. The largest absolute Gasteiger partial charge is 0.386 e. The minimum absolute atomic E-state index is 0.302. The third-order valence-corrected chi connectivity index (χ3v) is 4.81. The monoisotopic (exact) mass is 365 g/mol. The highest BCUT2D eigenvalue weighted by Gasteiger charge is 2.10. The van der Waals surface area contributed by atoms with Crippen molar-refractivity contribution >= 4 is 28.9 Å². The predicted octanol–water partition coefficient (Wildman–Crippen LogP) is 3.54. The fourth-order valence-corrected chi connectivity index (χ4v) is 3.35. The molecule has 0 saturated carbocycles. The van der Waals surface area contributed by atoms with Gasteiger partial charge in [0, 0.05) is 18.0 Å². The topological polar surface area (TPSA) is 56.7 Å². The van der Waals surface area contributed by atoms with Crippen LogP contribution in [0, 0.1) is 6.92 Å². The lowest BCUT2D eigenvalue weighted by molar-refractivity contribution is 0.191. The minimum atomic E-state index is -0.630. The maximum absolute atomic E-state index is 10.2. The van der Waals surface area contributed by atoms with Crippen molar-refractivity contribution in [1.82, 2.24) is 10.6 Å². The van der Waals surface area contributed by atoms with Crippen LogP contribution in [0.5, 0.6) is 0 Å². The number of aliphatic hydroxyl groups is 1. The van der Waals surface area contributed by atoms with Crippen molar-refractivity contribution in [2.45, 2.75) is 26.4 Å². The molecule has 0 amide bonds. The molecular weight excluding hydrogens is 342 g/mol. The molecule has 4 nitrogen and oxygen atoms in total. The predicted molar refractivity (Wildman–Crippen MR) is 103 cm³/mol. The van der Waals surface area contributed by atoms with Crippen molar-refractivity contribution in [2.75, 3.05) is 19.6 Å². The summed E-state index contributed by atoms with van der Waals surface area (Å²) in [5.74, 6) is 0.715. The first-order valence-electron chi connectivity index (χ1n) is 8.09. The second kappa shape index (κ2) is 9.67. The molecule has 6 heteroatoms. The number of nitrogens with one attached hydrogen (secondary N) is 2. The van der Waals surface area contributed by atoms with Gasteiger partial charge in [0.05, 0.1) is 10.9 Å². The van der Waals surface area contributed by atoms with E-state index in [4.69, 9.17) is 11.6 Å². The van der Waals surface area contributed by atoms with Gasteiger partial charge in [-0.1, -0.05) is 41.4 Å². The quantitative estimate of drug-likeness (QED) is 0.519. The number of guanidine groups is 1. The lowest BCUT2D eigenvalue weighted by Crippen LogP contribution is -2.38. The van der Waals surface area contributed by atoms with Gasteiger partial charge in [-0.05, 0) is 38.0 Å². The van der Waals surface area contributed by atoms with E-state index in [1.165, 1.54) is 22.5 Å². The maximum atomic E-state index is 10.2. The minimum Gasteiger partial charge on any atom is -0.386 e. The van der Waals surface area contributed by atoms with Crippen molar-refractivity contribution in [2.24, 2.45) is 4.99 Å². The number of hydrogen-bond donors (Lipinski definition) is 3. The molecule has 0 aliphatic rings. The summed E-state index contributed by atoms with van der Waals surface area (Å²) >= 11 is 7.28. The van der Waals surface area contributed by atoms with E-state index >= 15 is 0 Å². The summed E-state index contributed by atoms with van der Waals surface area (Å²) in [6, 6.07) is 12.1. The number of aliphatic hydroxyl groups excluding tert-OH is 1. The Labute approximate surface area is 152 Å². The van der Waals surface area contributed by atoms with Crippen LogP contribution in [0.15, 0.2) is 41.4 Å². The third kappa shape index (κ3) is 6.15. The summed E-state index contributed by atoms with van der Waals surface area (Å²) in [6.07, 6.45) is 0.296. The second-order valence-corrected chi connectivity index (χ2v) is 7.29. The molecule has 0 aliphatic carbocycles. The molecule has 0 bridgehead atoms. The lowest BCUT2D eigenvalue weighted by Gasteiger charge is -2.13. The summed E-state index contributed by atoms with van der Waals surface area (Å²) < 4.78 is 0.677. The number of aliphatic imine (C=N–C) groups is 1. The zero-order valence-corrected chi connectivity index (χ0v) is 15.6. The average Bonchev–Trinajstić information content (AvgIpc) is 2.99. The molecule has 0 saturated heterocycles. The van der Waals surface area contributed by atoms with Crippen molar-refractivity contribution in [3.63, 3.8) is 0 Å². The second-order valence-electron chi connectivity index (χ2n) is 5.54. The van der Waals surface area contributed by atoms with Gasteiger partial charge < -0.3 is 15.7 Å². The summed E-state index contributed by atoms with van der Waals surface area (Å²) in [4.78, 5) is 5.29. The van der Waals surface area contributed by atoms with Gasteiger partial charge in [-0.2, -0.15) is 0 Å². The van der Waals surface area contributed by atoms with Gasteiger partial charge in [0.15, 0.2) is 5.96 Å². The summed E-state index contributed by atoms with van der Waals surface area (Å²) in [7, 11) is 0. The Kier molecular flexibility index (Phi) is 7.56. The van der Waals surface area contributed by atoms with Crippen LogP contribution in [0.1, 0.15) is 29.0 Å². The van der Waals surface area contributed by atoms with Crippen LogP contribution in [-0.4, -0.2) is 30.7 Å². The lowest BCUT2D eigenvalue weighted by atomic mass is 10.1. The van der Waals surface area contributed by atoms with E-state index in [-0.39, 0.29) is 0 Å². The van der Waals surface area contributed by atoms with Gasteiger partial charge in [-0.3, -0.25) is 4.99 Å². The van der Waals surface area contributed by atoms with Crippen LogP contribution >= 0.6 is 22.9 Å². The third-order valence-electron chi connectivity index (χ3n) is 3.48. The highest BCUT2D eigenvalue weighted by molar-refractivity contribution is 7.16. The molecule has 0 radical (unpaired) electrons. The Morgan fingerprint density at radius 2 is 2.12 bits per heavy atom. The highest BCUT2D eigenvalue weighted by Crippen LogP contribution is 2.26. The van der Waals surface area contributed by atoms with E-state index < -0.39 is 6.10 Å². The van der Waals surface area contributed by atoms with E-state index in [9.17, 15) is 5.11 Å². The first-order chi connectivity index (χ1) is 11.6. The molecule has 2 rings (SSSR count). The zero-order valence-electron chi connectivity index (χ0n) is 14.1. The number of nitrogens with zero attached hydrogens (tertiary/aromatic N) is 1. The van der Waals surface area contributed by atoms with E-state index in [1.54, 1.807) is 6.07 Å². The molecule has 1 atom stereocenters. The van der Waals surface area contributed by atoms with Crippen molar-refractivity contribution < 1.29 is 5.11 Å². The molecule has 1 aromatic heterocycles. The molecule has 1 unspecified atom stereocenters. The van der Waals surface area contributed by atoms with Gasteiger partial charge in [0.2, 0.25) is 0 Å². The van der Waals surface area contributed by atoms with Gasteiger partial charge in [-0.15, -0.1) is 11.3 Å². The number of benzene rings is 1. The molecule has 1 aromatic carbocycles. The number of rotatable bonds is 7. The molecule has 0 aliphatic heterocycles. The molecule has 24 heavy (non-hydrogen) atoms. The van der Waals surface area contributed by atoms with Gasteiger partial charge in [0.1, 0.15) is 6.10 Å². The van der Waals surface area contributed by atoms with Crippen molar-refractivity contribution in [3.8, 4) is 0 Å². The van der Waals surface area contributed by atoms with Gasteiger partial charge >= 0.3 is 0 Å². The molecular formula is C18H24ClN3OS. The molecule has 2 aromatic rings. The number of hydrogen-bond acceptors (Lipinski definition) is 3. The normalized spacial score (nSPS) is 12.9. The fraction of sp³-hybridized carbons (Fsp3) is 0.389. The van der Waals surface area contributed by atoms with E-state index in [0.29, 0.717) is 16.8 Å². The number of aryl methyl sites for hydroxylation is 1. The number of halogens is 1. The van der Waals surface area contributed by atoms with Gasteiger partial charge in [-0.25, -0.2) is 0 Å². The summed E-state index contributed by atoms with van der Waals surface area (Å²) in [5, 5.41) is 16.7. The highest BCUT2D eigenvalue weighted by atomic mass is 35.5. The van der Waals surface area contributed by atoms with Crippen LogP contribution in [0.3, 0.4) is 0 Å². The van der Waals surface area contributed by atoms with Crippen LogP contribution < -0.4 is 10.6 Å². The van der Waals surface area contributed by atoms with Crippen molar-refractivity contribution in [3.05, 3.63) is 56.7 Å². The maximum Gasteiger partial charge on any atom is 0.191 e. The fourth-order valence-electron chi connectivity index (χ4n) is 2.31. The Morgan fingerprint density at radius 3 is 2.79 bits per heavy atom. The standard InChI is InChI=1S/C18H24ClN3OS/c1-3-20-18(21-10-9-14-6-4-5-13(2)11-14)22-12-15(23)16-7-8-17(19)24-16/h4-8,11,15,23H,3,9-10,12H2,1-2H3,(H2,20,21,22).